The van der Waals surface area contributed by atoms with Crippen molar-refractivity contribution < 1.29 is 4.74 Å². The van der Waals surface area contributed by atoms with Crippen molar-refractivity contribution in [2.45, 2.75) is 25.8 Å². The van der Waals surface area contributed by atoms with Crippen molar-refractivity contribution in [3.63, 3.8) is 0 Å². The second kappa shape index (κ2) is 6.87. The molecule has 0 aliphatic carbocycles. The van der Waals surface area contributed by atoms with E-state index in [0.29, 0.717) is 6.61 Å². The molecule has 2 aliphatic rings. The summed E-state index contributed by atoms with van der Waals surface area (Å²) in [5.41, 5.74) is 8.86. The van der Waals surface area contributed by atoms with E-state index < -0.39 is 0 Å². The van der Waals surface area contributed by atoms with Crippen LogP contribution in [0.25, 0.3) is 22.4 Å². The van der Waals surface area contributed by atoms with Crippen LogP contribution in [-0.2, 0) is 17.6 Å². The summed E-state index contributed by atoms with van der Waals surface area (Å²) in [5.74, 6) is 0. The lowest BCUT2D eigenvalue weighted by atomic mass is 9.90. The summed E-state index contributed by atoms with van der Waals surface area (Å²) in [4.78, 5) is 17.2. The van der Waals surface area contributed by atoms with E-state index >= 15 is 0 Å². The highest BCUT2D eigenvalue weighted by atomic mass is 16.5. The lowest BCUT2D eigenvalue weighted by Gasteiger charge is -2.27. The Labute approximate surface area is 158 Å². The molecule has 2 aromatic heterocycles. The molecule has 6 heteroatoms. The Morgan fingerprint density at radius 1 is 1.30 bits per heavy atom. The molecule has 27 heavy (non-hydrogen) atoms. The van der Waals surface area contributed by atoms with Crippen LogP contribution >= 0.6 is 0 Å². The molecule has 1 atom stereocenters. The van der Waals surface area contributed by atoms with Crippen LogP contribution in [0.15, 0.2) is 29.5 Å². The van der Waals surface area contributed by atoms with Crippen molar-refractivity contribution in [1.82, 2.24) is 20.3 Å². The number of ether oxygens (including phenoxy) is 1. The Hall–Kier alpha value is -2.57. The van der Waals surface area contributed by atoms with Crippen LogP contribution in [0.3, 0.4) is 0 Å². The highest BCUT2D eigenvalue weighted by Gasteiger charge is 2.22. The molecule has 0 amide bonds. The first-order valence-electron chi connectivity index (χ1n) is 9.64. The number of rotatable bonds is 3. The monoisotopic (exact) mass is 361 g/mol. The van der Waals surface area contributed by atoms with Gasteiger partial charge in [0.25, 0.3) is 0 Å². The van der Waals surface area contributed by atoms with Crippen molar-refractivity contribution in [1.29, 1.82) is 0 Å². The van der Waals surface area contributed by atoms with E-state index in [0.717, 1.165) is 55.0 Å². The Morgan fingerprint density at radius 2 is 2.26 bits per heavy atom. The fourth-order valence-electron chi connectivity index (χ4n) is 4.00. The van der Waals surface area contributed by atoms with Gasteiger partial charge in [-0.05, 0) is 41.7 Å². The molecule has 2 aliphatic heterocycles. The molecule has 138 valence electrons. The molecule has 0 bridgehead atoms. The summed E-state index contributed by atoms with van der Waals surface area (Å²) in [6.45, 7) is 5.30. The minimum Gasteiger partial charge on any atom is -0.378 e. The maximum Gasteiger partial charge on any atom is 0.156 e. The van der Waals surface area contributed by atoms with Crippen LogP contribution in [0.2, 0.25) is 0 Å². The molecule has 1 saturated heterocycles. The van der Waals surface area contributed by atoms with Crippen molar-refractivity contribution in [2.75, 3.05) is 26.3 Å². The zero-order valence-corrected chi connectivity index (χ0v) is 15.5. The molecule has 0 spiro atoms. The minimum absolute atomic E-state index is 0.187. The molecule has 2 N–H and O–H groups in total. The predicted octanol–water partition coefficient (Wildman–Crippen LogP) is 2.82. The number of benzene rings is 1. The van der Waals surface area contributed by atoms with Gasteiger partial charge in [-0.3, -0.25) is 4.99 Å². The van der Waals surface area contributed by atoms with E-state index in [9.17, 15) is 0 Å². The van der Waals surface area contributed by atoms with Crippen molar-refractivity contribution >= 4 is 17.4 Å². The van der Waals surface area contributed by atoms with E-state index in [1.165, 1.54) is 22.3 Å². The summed E-state index contributed by atoms with van der Waals surface area (Å²) in [6.07, 6.45) is 7.79. The number of aromatic amines is 1. The zero-order valence-electron chi connectivity index (χ0n) is 15.5. The number of nitrogens with zero attached hydrogens (tertiary/aromatic N) is 3. The second-order valence-corrected chi connectivity index (χ2v) is 7.13. The minimum atomic E-state index is 0.187. The summed E-state index contributed by atoms with van der Waals surface area (Å²) in [5, 5.41) is 3.58. The van der Waals surface area contributed by atoms with Gasteiger partial charge < -0.3 is 15.0 Å². The van der Waals surface area contributed by atoms with Gasteiger partial charge in [0.2, 0.25) is 0 Å². The SMILES string of the molecule is CCc1c[nH]c2ncc(-c3cc4c(c(C5COCCN5)c3)C=NCC4)nc12. The van der Waals surface area contributed by atoms with Gasteiger partial charge in [-0.15, -0.1) is 0 Å². The highest BCUT2D eigenvalue weighted by molar-refractivity contribution is 5.87. The van der Waals surface area contributed by atoms with Crippen molar-refractivity contribution in [3.05, 3.63) is 46.8 Å². The van der Waals surface area contributed by atoms with Gasteiger partial charge in [0, 0.05) is 36.6 Å². The van der Waals surface area contributed by atoms with Gasteiger partial charge in [-0.1, -0.05) is 6.92 Å². The quantitative estimate of drug-likeness (QED) is 0.752. The number of aliphatic imine (C=N–C) groups is 1. The third-order valence-corrected chi connectivity index (χ3v) is 5.46. The highest BCUT2D eigenvalue weighted by Crippen LogP contribution is 2.31. The fraction of sp³-hybridized carbons (Fsp3) is 0.381. The average Bonchev–Trinajstić information content (AvgIpc) is 3.16. The zero-order chi connectivity index (χ0) is 18.2. The van der Waals surface area contributed by atoms with Crippen LogP contribution < -0.4 is 5.32 Å². The number of aryl methyl sites for hydroxylation is 1. The van der Waals surface area contributed by atoms with Crippen LogP contribution in [-0.4, -0.2) is 47.5 Å². The summed E-state index contributed by atoms with van der Waals surface area (Å²) in [7, 11) is 0. The Bertz CT molecular complexity index is 1020. The first-order chi connectivity index (χ1) is 13.3. The second-order valence-electron chi connectivity index (χ2n) is 7.13. The molecule has 3 aromatic rings. The van der Waals surface area contributed by atoms with E-state index in [1.54, 1.807) is 0 Å². The summed E-state index contributed by atoms with van der Waals surface area (Å²) in [6, 6.07) is 4.67. The third kappa shape index (κ3) is 2.95. The van der Waals surface area contributed by atoms with Crippen LogP contribution in [0, 0.1) is 0 Å². The Morgan fingerprint density at radius 3 is 3.11 bits per heavy atom. The first kappa shape index (κ1) is 16.6. The van der Waals surface area contributed by atoms with E-state index in [-0.39, 0.29) is 6.04 Å². The molecule has 5 rings (SSSR count). The van der Waals surface area contributed by atoms with Crippen molar-refractivity contribution in [2.24, 2.45) is 4.99 Å². The Kier molecular flexibility index (Phi) is 4.22. The van der Waals surface area contributed by atoms with Crippen LogP contribution in [0.4, 0.5) is 0 Å². The molecular formula is C21H23N5O. The molecule has 0 saturated carbocycles. The fourth-order valence-corrected chi connectivity index (χ4v) is 4.00. The number of hydrogen-bond acceptors (Lipinski definition) is 5. The van der Waals surface area contributed by atoms with Gasteiger partial charge in [0.1, 0.15) is 5.52 Å². The van der Waals surface area contributed by atoms with Gasteiger partial charge in [-0.2, -0.15) is 0 Å². The number of aromatic nitrogens is 3. The smallest absolute Gasteiger partial charge is 0.156 e. The molecule has 1 unspecified atom stereocenters. The number of hydrogen-bond donors (Lipinski definition) is 2. The van der Waals surface area contributed by atoms with E-state index in [4.69, 9.17) is 9.72 Å². The average molecular weight is 361 g/mol. The van der Waals surface area contributed by atoms with E-state index in [2.05, 4.69) is 39.3 Å². The van der Waals surface area contributed by atoms with Crippen molar-refractivity contribution in [3.8, 4) is 11.3 Å². The largest absolute Gasteiger partial charge is 0.378 e. The molecule has 0 radical (unpaired) electrons. The lowest BCUT2D eigenvalue weighted by molar-refractivity contribution is 0.0768. The van der Waals surface area contributed by atoms with E-state index in [1.807, 2.05) is 18.6 Å². The normalized spacial score (nSPS) is 19.4. The van der Waals surface area contributed by atoms with Gasteiger partial charge in [-0.25, -0.2) is 9.97 Å². The van der Waals surface area contributed by atoms with Gasteiger partial charge in [0.05, 0.1) is 31.1 Å². The standard InChI is InChI=1S/C21H23N5O/c1-2-13-9-24-21-20(13)26-18(11-25-21)15-7-14-3-4-22-10-17(14)16(8-15)19-12-27-6-5-23-19/h7-11,19,23H,2-6,12H2,1H3,(H,24,25). The molecule has 1 aromatic carbocycles. The molecule has 4 heterocycles. The first-order valence-corrected chi connectivity index (χ1v) is 9.64. The number of fused-ring (bicyclic) bond motifs is 2. The molecule has 6 nitrogen and oxygen atoms in total. The van der Waals surface area contributed by atoms with Crippen LogP contribution in [0.1, 0.15) is 35.2 Å². The third-order valence-electron chi connectivity index (χ3n) is 5.46. The van der Waals surface area contributed by atoms with Gasteiger partial charge >= 0.3 is 0 Å². The maximum absolute atomic E-state index is 5.71. The topological polar surface area (TPSA) is 75.2 Å². The molecule has 1 fully saturated rings. The Balaban J connectivity index is 1.65. The summed E-state index contributed by atoms with van der Waals surface area (Å²) < 4.78 is 5.71. The number of morpholine rings is 1. The maximum atomic E-state index is 5.71. The predicted molar refractivity (Wildman–Crippen MR) is 106 cm³/mol. The number of H-pyrrole nitrogens is 1. The van der Waals surface area contributed by atoms with Gasteiger partial charge in [0.15, 0.2) is 5.65 Å². The van der Waals surface area contributed by atoms with Crippen LogP contribution in [0.5, 0.6) is 0 Å². The lowest BCUT2D eigenvalue weighted by Crippen LogP contribution is -2.35. The summed E-state index contributed by atoms with van der Waals surface area (Å²) >= 11 is 0. The molecular weight excluding hydrogens is 338 g/mol. The number of nitrogens with one attached hydrogen (secondary N) is 2.